The van der Waals surface area contributed by atoms with Crippen molar-refractivity contribution in [1.29, 1.82) is 0 Å². The molecule has 8 heteroatoms. The molecule has 0 fully saturated rings. The van der Waals surface area contributed by atoms with E-state index in [9.17, 15) is 9.59 Å². The minimum Gasteiger partial charge on any atom is -0.493 e. The van der Waals surface area contributed by atoms with E-state index in [2.05, 4.69) is 10.4 Å². The number of para-hydroxylation sites is 1. The first kappa shape index (κ1) is 23.1. The molecule has 0 unspecified atom stereocenters. The highest BCUT2D eigenvalue weighted by molar-refractivity contribution is 5.93. The predicted octanol–water partition coefficient (Wildman–Crippen LogP) is 4.68. The maximum Gasteiger partial charge on any atom is 0.303 e. The Hall–Kier alpha value is -3.55. The van der Waals surface area contributed by atoms with Crippen LogP contribution in [0.2, 0.25) is 0 Å². The van der Waals surface area contributed by atoms with Gasteiger partial charge in [0.15, 0.2) is 11.5 Å². The number of carbonyl (C=O) groups is 2. The van der Waals surface area contributed by atoms with E-state index in [4.69, 9.17) is 14.3 Å². The van der Waals surface area contributed by atoms with Crippen molar-refractivity contribution in [2.75, 3.05) is 6.61 Å². The minimum absolute atomic E-state index is 0.0706. The zero-order chi connectivity index (χ0) is 22.9. The second-order valence-electron chi connectivity index (χ2n) is 7.77. The summed E-state index contributed by atoms with van der Waals surface area (Å²) in [5.74, 6) is 0.310. The van der Waals surface area contributed by atoms with E-state index in [0.29, 0.717) is 36.8 Å². The molecule has 170 valence electrons. The van der Waals surface area contributed by atoms with Crippen LogP contribution in [0.3, 0.4) is 0 Å². The average molecular weight is 440 g/mol. The quantitative estimate of drug-likeness (QED) is 0.397. The van der Waals surface area contributed by atoms with E-state index in [1.807, 2.05) is 44.2 Å². The number of hydrogen-bond acceptors (Lipinski definition) is 5. The van der Waals surface area contributed by atoms with E-state index in [-0.39, 0.29) is 18.4 Å². The van der Waals surface area contributed by atoms with Crippen LogP contribution in [0.15, 0.2) is 53.1 Å². The Morgan fingerprint density at radius 3 is 2.69 bits per heavy atom. The number of nitrogens with zero attached hydrogens (tertiary/aromatic N) is 2. The predicted molar refractivity (Wildman–Crippen MR) is 120 cm³/mol. The van der Waals surface area contributed by atoms with Gasteiger partial charge in [0.05, 0.1) is 12.9 Å². The van der Waals surface area contributed by atoms with Crippen LogP contribution in [0.25, 0.3) is 11.5 Å². The number of hydrogen-bond donors (Lipinski definition) is 2. The summed E-state index contributed by atoms with van der Waals surface area (Å²) >= 11 is 0. The Kier molecular flexibility index (Phi) is 8.08. The van der Waals surface area contributed by atoms with Gasteiger partial charge in [0.2, 0.25) is 0 Å². The Labute approximate surface area is 187 Å². The molecule has 3 aromatic rings. The summed E-state index contributed by atoms with van der Waals surface area (Å²) in [5.41, 5.74) is 1.93. The molecule has 3 rings (SSSR count). The second kappa shape index (κ2) is 11.2. The van der Waals surface area contributed by atoms with Crippen LogP contribution in [0.4, 0.5) is 0 Å². The lowest BCUT2D eigenvalue weighted by Gasteiger charge is -2.12. The molecule has 0 atom stereocenters. The van der Waals surface area contributed by atoms with Crippen molar-refractivity contribution < 1.29 is 23.8 Å². The number of amides is 1. The number of furan rings is 1. The van der Waals surface area contributed by atoms with Crippen LogP contribution in [-0.2, 0) is 11.3 Å². The molecule has 0 aliphatic rings. The summed E-state index contributed by atoms with van der Waals surface area (Å²) < 4.78 is 13.1. The molecule has 0 spiro atoms. The summed E-state index contributed by atoms with van der Waals surface area (Å²) in [6.45, 7) is 4.79. The average Bonchev–Trinajstić information content (AvgIpc) is 3.45. The van der Waals surface area contributed by atoms with Gasteiger partial charge in [0.1, 0.15) is 11.4 Å². The first-order valence-corrected chi connectivity index (χ1v) is 10.8. The fourth-order valence-corrected chi connectivity index (χ4v) is 3.30. The fourth-order valence-electron chi connectivity index (χ4n) is 3.30. The molecule has 0 aliphatic carbocycles. The summed E-state index contributed by atoms with van der Waals surface area (Å²) in [4.78, 5) is 23.3. The summed E-state index contributed by atoms with van der Waals surface area (Å²) in [6, 6.07) is 13.0. The Bertz CT molecular complexity index is 1020. The van der Waals surface area contributed by atoms with Crippen LogP contribution in [-0.4, -0.2) is 33.4 Å². The maximum atomic E-state index is 12.8. The largest absolute Gasteiger partial charge is 0.493 e. The van der Waals surface area contributed by atoms with E-state index in [0.717, 1.165) is 24.1 Å². The van der Waals surface area contributed by atoms with Crippen molar-refractivity contribution in [2.24, 2.45) is 0 Å². The zero-order valence-electron chi connectivity index (χ0n) is 18.4. The molecule has 32 heavy (non-hydrogen) atoms. The van der Waals surface area contributed by atoms with Gasteiger partial charge in [-0.05, 0) is 51.3 Å². The van der Waals surface area contributed by atoms with Crippen molar-refractivity contribution in [1.82, 2.24) is 15.1 Å². The lowest BCUT2D eigenvalue weighted by molar-refractivity contribution is -0.137. The summed E-state index contributed by atoms with van der Waals surface area (Å²) in [7, 11) is 0. The van der Waals surface area contributed by atoms with Crippen LogP contribution in [0, 0.1) is 0 Å². The fraction of sp³-hybridized carbons (Fsp3) is 0.375. The number of carboxylic acid groups (broad SMARTS) is 1. The molecule has 2 N–H and O–H groups in total. The van der Waals surface area contributed by atoms with Crippen molar-refractivity contribution in [3.8, 4) is 17.2 Å². The van der Waals surface area contributed by atoms with Gasteiger partial charge in [-0.25, -0.2) is 0 Å². The van der Waals surface area contributed by atoms with Crippen LogP contribution >= 0.6 is 0 Å². The van der Waals surface area contributed by atoms with Gasteiger partial charge in [-0.2, -0.15) is 5.10 Å². The van der Waals surface area contributed by atoms with Crippen LogP contribution in [0.5, 0.6) is 5.75 Å². The second-order valence-corrected chi connectivity index (χ2v) is 7.77. The molecule has 0 saturated heterocycles. The zero-order valence-corrected chi connectivity index (χ0v) is 18.4. The van der Waals surface area contributed by atoms with Crippen molar-refractivity contribution in [2.45, 2.75) is 52.1 Å². The number of carbonyl (C=O) groups excluding carboxylic acids is 1. The van der Waals surface area contributed by atoms with Gasteiger partial charge in [-0.15, -0.1) is 0 Å². The molecule has 1 aromatic carbocycles. The van der Waals surface area contributed by atoms with E-state index < -0.39 is 5.97 Å². The number of benzene rings is 1. The number of carboxylic acids is 1. The van der Waals surface area contributed by atoms with Gasteiger partial charge in [0.25, 0.3) is 5.91 Å². The standard InChI is InChI=1S/C24H29N3O5/c1-17(2)27-20(22-11-8-14-32-22)15-19(26-27)24(30)25-16-18-9-5-6-10-21(18)31-13-7-3-4-12-23(28)29/h5-6,8-11,14-15,17H,3-4,7,12-13,16H2,1-2H3,(H,25,30)(H,28,29). The Morgan fingerprint density at radius 2 is 1.97 bits per heavy atom. The number of unbranched alkanes of at least 4 members (excludes halogenated alkanes) is 2. The SMILES string of the molecule is CC(C)n1nc(C(=O)NCc2ccccc2OCCCCCC(=O)O)cc1-c1ccco1. The lowest BCUT2D eigenvalue weighted by atomic mass is 10.2. The molecule has 1 amide bonds. The van der Waals surface area contributed by atoms with Gasteiger partial charge >= 0.3 is 5.97 Å². The molecular formula is C24H29N3O5. The summed E-state index contributed by atoms with van der Waals surface area (Å²) in [6.07, 6.45) is 3.98. The highest BCUT2D eigenvalue weighted by Crippen LogP contribution is 2.24. The molecule has 2 aromatic heterocycles. The first-order chi connectivity index (χ1) is 15.5. The Morgan fingerprint density at radius 1 is 1.16 bits per heavy atom. The molecule has 8 nitrogen and oxygen atoms in total. The molecule has 0 saturated carbocycles. The molecule has 2 heterocycles. The lowest BCUT2D eigenvalue weighted by Crippen LogP contribution is -2.24. The Balaban J connectivity index is 1.58. The highest BCUT2D eigenvalue weighted by atomic mass is 16.5. The summed E-state index contributed by atoms with van der Waals surface area (Å²) in [5, 5.41) is 16.1. The maximum absolute atomic E-state index is 12.8. The first-order valence-electron chi connectivity index (χ1n) is 10.8. The van der Waals surface area contributed by atoms with Gasteiger partial charge < -0.3 is 19.6 Å². The molecule has 0 radical (unpaired) electrons. The normalized spacial score (nSPS) is 11.0. The van der Waals surface area contributed by atoms with E-state index >= 15 is 0 Å². The third kappa shape index (κ3) is 6.23. The van der Waals surface area contributed by atoms with Crippen molar-refractivity contribution in [3.63, 3.8) is 0 Å². The third-order valence-electron chi connectivity index (χ3n) is 4.94. The van der Waals surface area contributed by atoms with E-state index in [1.54, 1.807) is 23.1 Å². The monoisotopic (exact) mass is 439 g/mol. The number of rotatable bonds is 12. The van der Waals surface area contributed by atoms with Gasteiger partial charge in [0, 0.05) is 30.6 Å². The number of nitrogens with one attached hydrogen (secondary N) is 1. The topological polar surface area (TPSA) is 107 Å². The number of aromatic nitrogens is 2. The molecule has 0 bridgehead atoms. The smallest absolute Gasteiger partial charge is 0.303 e. The minimum atomic E-state index is -0.776. The van der Waals surface area contributed by atoms with Crippen LogP contribution in [0.1, 0.15) is 61.6 Å². The number of aliphatic carboxylic acids is 1. The van der Waals surface area contributed by atoms with Gasteiger partial charge in [-0.3, -0.25) is 14.3 Å². The highest BCUT2D eigenvalue weighted by Gasteiger charge is 2.19. The molecular weight excluding hydrogens is 410 g/mol. The third-order valence-corrected chi connectivity index (χ3v) is 4.94. The van der Waals surface area contributed by atoms with E-state index in [1.165, 1.54) is 0 Å². The van der Waals surface area contributed by atoms with Crippen molar-refractivity contribution >= 4 is 11.9 Å². The van der Waals surface area contributed by atoms with Crippen LogP contribution < -0.4 is 10.1 Å². The molecule has 0 aliphatic heterocycles. The number of ether oxygens (including phenoxy) is 1. The van der Waals surface area contributed by atoms with Gasteiger partial charge in [-0.1, -0.05) is 18.2 Å². The van der Waals surface area contributed by atoms with Crippen molar-refractivity contribution in [3.05, 3.63) is 60.0 Å².